The summed E-state index contributed by atoms with van der Waals surface area (Å²) in [5.41, 5.74) is 1.62. The second kappa shape index (κ2) is 8.74. The summed E-state index contributed by atoms with van der Waals surface area (Å²) in [6.07, 6.45) is -2.77. The Kier molecular flexibility index (Phi) is 6.48. The van der Waals surface area contributed by atoms with Gasteiger partial charge in [-0.25, -0.2) is 4.98 Å². The lowest BCUT2D eigenvalue weighted by Gasteiger charge is -2.17. The van der Waals surface area contributed by atoms with Crippen LogP contribution in [0.15, 0.2) is 41.4 Å². The van der Waals surface area contributed by atoms with E-state index in [0.29, 0.717) is 12.3 Å². The van der Waals surface area contributed by atoms with E-state index in [4.69, 9.17) is 23.8 Å². The minimum Gasteiger partial charge on any atom is -0.434 e. The summed E-state index contributed by atoms with van der Waals surface area (Å²) in [5, 5.41) is 0.489. The fraction of sp³-hybridized carbons (Fsp3) is 0.118. The van der Waals surface area contributed by atoms with Gasteiger partial charge in [0.2, 0.25) is 0 Å². The van der Waals surface area contributed by atoms with Crippen LogP contribution < -0.4 is 10.2 Å². The number of benzene rings is 1. The summed E-state index contributed by atoms with van der Waals surface area (Å²) < 4.78 is 67.7. The lowest BCUT2D eigenvalue weighted by atomic mass is 10.2. The first-order chi connectivity index (χ1) is 14.1. The Morgan fingerprint density at radius 2 is 2.00 bits per heavy atom. The van der Waals surface area contributed by atoms with Crippen LogP contribution >= 0.6 is 35.6 Å². The van der Waals surface area contributed by atoms with E-state index in [2.05, 4.69) is 15.1 Å². The van der Waals surface area contributed by atoms with E-state index in [1.807, 2.05) is 0 Å². The predicted molar refractivity (Wildman–Crippen MR) is 106 cm³/mol. The number of hydrogen-bond acceptors (Lipinski definition) is 6. The zero-order valence-electron chi connectivity index (χ0n) is 14.4. The number of nitrogens with one attached hydrogen (secondary N) is 1. The fourth-order valence-electron chi connectivity index (χ4n) is 2.29. The van der Waals surface area contributed by atoms with Gasteiger partial charge in [-0.05, 0) is 30.4 Å². The van der Waals surface area contributed by atoms with E-state index >= 15 is 0 Å². The van der Waals surface area contributed by atoms with Gasteiger partial charge in [-0.15, -0.1) is 0 Å². The molecule has 0 spiro atoms. The fourth-order valence-corrected chi connectivity index (χ4v) is 3.67. The van der Waals surface area contributed by atoms with Crippen molar-refractivity contribution in [1.29, 1.82) is 0 Å². The maximum atomic E-state index is 12.7. The second-order valence-electron chi connectivity index (χ2n) is 5.60. The van der Waals surface area contributed by atoms with Crippen LogP contribution in [-0.2, 0) is 11.0 Å². The van der Waals surface area contributed by atoms with Crippen LogP contribution in [0.25, 0.3) is 6.08 Å². The lowest BCUT2D eigenvalue weighted by Crippen LogP contribution is -2.34. The predicted octanol–water partition coefficient (Wildman–Crippen LogP) is 5.58. The Morgan fingerprint density at radius 1 is 1.30 bits per heavy atom. The third kappa shape index (κ3) is 4.99. The van der Waals surface area contributed by atoms with Crippen LogP contribution in [-0.4, -0.2) is 26.8 Å². The van der Waals surface area contributed by atoms with Crippen molar-refractivity contribution in [2.45, 2.75) is 12.8 Å². The van der Waals surface area contributed by atoms with Crippen LogP contribution in [0.4, 0.5) is 27.8 Å². The van der Waals surface area contributed by atoms with Crippen molar-refractivity contribution >= 4 is 57.7 Å². The number of carbonyl (C=O) groups is 1. The number of para-hydroxylation sites is 1. The summed E-state index contributed by atoms with van der Waals surface area (Å²) in [7, 11) is 0. The summed E-state index contributed by atoms with van der Waals surface area (Å²) in [6, 6.07) is 6.48. The van der Waals surface area contributed by atoms with Crippen molar-refractivity contribution in [3.8, 4) is 5.75 Å². The molecule has 2 aromatic rings. The van der Waals surface area contributed by atoms with Crippen LogP contribution in [0.3, 0.4) is 0 Å². The number of carbonyl (C=O) groups excluding carboxylic acids is 1. The molecule has 5 nitrogen and oxygen atoms in total. The Balaban J connectivity index is 1.83. The number of thiocarbonyl (C=S) groups is 1. The topological polar surface area (TPSA) is 54.5 Å². The first-order valence-electron chi connectivity index (χ1n) is 7.87. The summed E-state index contributed by atoms with van der Waals surface area (Å²) in [6.45, 7) is -3.05. The highest BCUT2D eigenvalue weighted by Gasteiger charge is 2.35. The number of thioether (sulfide) groups is 1. The van der Waals surface area contributed by atoms with Crippen LogP contribution in [0.2, 0.25) is 5.02 Å². The molecule has 3 rings (SSSR count). The molecule has 158 valence electrons. The molecular weight excluding hydrogens is 473 g/mol. The van der Waals surface area contributed by atoms with Gasteiger partial charge in [0, 0.05) is 11.8 Å². The molecule has 0 saturated carbocycles. The maximum absolute atomic E-state index is 12.7. The molecule has 2 heterocycles. The average Bonchev–Trinajstić information content (AvgIpc) is 2.91. The highest BCUT2D eigenvalue weighted by atomic mass is 35.5. The Hall–Kier alpha value is -2.44. The normalized spacial score (nSPS) is 16.0. The SMILES string of the molecule is O=C1C(=Cc2ccccc2OC(F)F)SC(=S)N1Nc1ncc(C(F)(F)F)cc1Cl. The largest absolute Gasteiger partial charge is 0.434 e. The molecule has 1 N–H and O–H groups in total. The molecule has 1 aromatic carbocycles. The monoisotopic (exact) mass is 481 g/mol. The number of nitrogens with zero attached hydrogens (tertiary/aromatic N) is 2. The molecule has 1 saturated heterocycles. The molecule has 1 aliphatic rings. The zero-order valence-corrected chi connectivity index (χ0v) is 16.8. The molecular formula is C17H9ClF5N3O2S2. The summed E-state index contributed by atoms with van der Waals surface area (Å²) >= 11 is 11.8. The minimum absolute atomic E-state index is 0.0104. The van der Waals surface area contributed by atoms with Gasteiger partial charge in [0.25, 0.3) is 5.91 Å². The highest BCUT2D eigenvalue weighted by molar-refractivity contribution is 8.26. The van der Waals surface area contributed by atoms with Crippen molar-refractivity contribution in [2.24, 2.45) is 0 Å². The number of hydrogen-bond donors (Lipinski definition) is 1. The number of alkyl halides is 5. The number of amides is 1. The third-order valence-corrected chi connectivity index (χ3v) is 5.19. The second-order valence-corrected chi connectivity index (χ2v) is 7.68. The maximum Gasteiger partial charge on any atom is 0.417 e. The number of anilines is 1. The molecule has 30 heavy (non-hydrogen) atoms. The first kappa shape index (κ1) is 22.2. The molecule has 1 aromatic heterocycles. The van der Waals surface area contributed by atoms with Crippen molar-refractivity contribution in [3.63, 3.8) is 0 Å². The van der Waals surface area contributed by atoms with E-state index in [1.54, 1.807) is 6.07 Å². The average molecular weight is 482 g/mol. The lowest BCUT2D eigenvalue weighted by molar-refractivity contribution is -0.137. The highest BCUT2D eigenvalue weighted by Crippen LogP contribution is 2.36. The van der Waals surface area contributed by atoms with Crippen molar-refractivity contribution < 1.29 is 31.5 Å². The molecule has 0 atom stereocenters. The number of halogens is 6. The van der Waals surface area contributed by atoms with Gasteiger partial charge in [0.1, 0.15) is 5.75 Å². The molecule has 0 radical (unpaired) electrons. The summed E-state index contributed by atoms with van der Waals surface area (Å²) in [5.74, 6) is -1.03. The molecule has 1 amide bonds. The number of rotatable bonds is 5. The van der Waals surface area contributed by atoms with Gasteiger partial charge in [0.15, 0.2) is 10.1 Å². The number of pyridine rings is 1. The van der Waals surface area contributed by atoms with Crippen LogP contribution in [0, 0.1) is 0 Å². The van der Waals surface area contributed by atoms with E-state index < -0.39 is 24.3 Å². The third-order valence-electron chi connectivity index (χ3n) is 3.60. The van der Waals surface area contributed by atoms with Crippen molar-refractivity contribution in [1.82, 2.24) is 9.99 Å². The number of aromatic nitrogens is 1. The van der Waals surface area contributed by atoms with E-state index in [1.165, 1.54) is 24.3 Å². The van der Waals surface area contributed by atoms with Gasteiger partial charge in [-0.1, -0.05) is 41.6 Å². The quantitative estimate of drug-likeness (QED) is 0.342. The number of hydrazine groups is 1. The first-order valence-corrected chi connectivity index (χ1v) is 9.47. The van der Waals surface area contributed by atoms with Crippen LogP contribution in [0.5, 0.6) is 5.75 Å². The van der Waals surface area contributed by atoms with Crippen molar-refractivity contribution in [3.05, 3.63) is 57.6 Å². The Bertz CT molecular complexity index is 1030. The van der Waals surface area contributed by atoms with Gasteiger partial charge in [-0.3, -0.25) is 10.2 Å². The van der Waals surface area contributed by atoms with Gasteiger partial charge in [-0.2, -0.15) is 27.0 Å². The molecule has 0 unspecified atom stereocenters. The van der Waals surface area contributed by atoms with E-state index in [0.717, 1.165) is 16.8 Å². The van der Waals surface area contributed by atoms with E-state index in [-0.39, 0.29) is 31.4 Å². The molecule has 13 heteroatoms. The minimum atomic E-state index is -4.63. The smallest absolute Gasteiger partial charge is 0.417 e. The Morgan fingerprint density at radius 3 is 2.63 bits per heavy atom. The molecule has 0 aliphatic carbocycles. The van der Waals surface area contributed by atoms with Gasteiger partial charge in [0.05, 0.1) is 15.5 Å². The number of ether oxygens (including phenoxy) is 1. The Labute approximate surface area is 180 Å². The molecule has 0 bridgehead atoms. The zero-order chi connectivity index (χ0) is 22.1. The standard InChI is InChI=1S/C17H9ClF5N3O2S2/c18-10-6-9(17(21,22)23)7-24-13(10)25-26-14(27)12(30-16(26)29)5-8-3-1-2-4-11(8)28-15(19)20/h1-7,15H,(H,24,25). The summed E-state index contributed by atoms with van der Waals surface area (Å²) in [4.78, 5) is 16.3. The van der Waals surface area contributed by atoms with E-state index in [9.17, 15) is 26.7 Å². The molecule has 1 aliphatic heterocycles. The van der Waals surface area contributed by atoms with Crippen LogP contribution in [0.1, 0.15) is 11.1 Å². The molecule has 1 fully saturated rings. The van der Waals surface area contributed by atoms with Crippen molar-refractivity contribution in [2.75, 3.05) is 5.43 Å². The van der Waals surface area contributed by atoms with Gasteiger partial charge >= 0.3 is 12.8 Å². The van der Waals surface area contributed by atoms with Gasteiger partial charge < -0.3 is 4.74 Å².